The van der Waals surface area contributed by atoms with Gasteiger partial charge in [-0.25, -0.2) is 4.98 Å². The zero-order valence-corrected chi connectivity index (χ0v) is 12.3. The van der Waals surface area contributed by atoms with Crippen molar-refractivity contribution in [2.75, 3.05) is 13.2 Å². The summed E-state index contributed by atoms with van der Waals surface area (Å²) >= 11 is 0. The summed E-state index contributed by atoms with van der Waals surface area (Å²) in [5.74, 6) is -0.401. The molecule has 2 heterocycles. The quantitative estimate of drug-likeness (QED) is 0.749. The lowest BCUT2D eigenvalue weighted by Gasteiger charge is -2.29. The normalized spacial score (nSPS) is 11.9. The smallest absolute Gasteiger partial charge is 0.258 e. The van der Waals surface area contributed by atoms with E-state index in [4.69, 9.17) is 4.52 Å². The first-order chi connectivity index (χ1) is 9.96. The van der Waals surface area contributed by atoms with Gasteiger partial charge in [-0.2, -0.15) is 0 Å². The second-order valence-electron chi connectivity index (χ2n) is 5.16. The highest BCUT2D eigenvalue weighted by atomic mass is 16.5. The molecule has 1 amide bonds. The molecule has 0 aliphatic rings. The Balaban J connectivity index is 2.46. The van der Waals surface area contributed by atoms with Gasteiger partial charge in [-0.05, 0) is 26.3 Å². The van der Waals surface area contributed by atoms with E-state index in [0.29, 0.717) is 34.5 Å². The summed E-state index contributed by atoms with van der Waals surface area (Å²) in [6.45, 7) is 4.57. The summed E-state index contributed by atoms with van der Waals surface area (Å²) in [6.07, 6.45) is 0.404. The van der Waals surface area contributed by atoms with Crippen molar-refractivity contribution in [2.24, 2.45) is 0 Å². The number of hydrogen-bond acceptors (Lipinski definition) is 6. The van der Waals surface area contributed by atoms with Gasteiger partial charge in [-0.1, -0.05) is 12.1 Å². The van der Waals surface area contributed by atoms with Crippen LogP contribution in [0.5, 0.6) is 0 Å². The molecule has 7 nitrogen and oxygen atoms in total. The van der Waals surface area contributed by atoms with E-state index in [2.05, 4.69) is 15.5 Å². The van der Waals surface area contributed by atoms with Gasteiger partial charge < -0.3 is 20.1 Å². The molecule has 0 radical (unpaired) electrons. The molecule has 0 bridgehead atoms. The highest BCUT2D eigenvalue weighted by Gasteiger charge is 2.30. The zero-order chi connectivity index (χ0) is 15.6. The number of carbonyl (C=O) groups is 1. The number of pyridine rings is 1. The molecule has 2 aromatic rings. The Kier molecular flexibility index (Phi) is 4.24. The molecule has 0 aromatic carbocycles. The van der Waals surface area contributed by atoms with Crippen LogP contribution >= 0.6 is 0 Å². The molecular weight excluding hydrogens is 274 g/mol. The predicted molar refractivity (Wildman–Crippen MR) is 75.9 cm³/mol. The number of amides is 1. The Morgan fingerprint density at radius 2 is 2.05 bits per heavy atom. The Morgan fingerprint density at radius 3 is 2.62 bits per heavy atom. The molecule has 2 aromatic heterocycles. The van der Waals surface area contributed by atoms with Crippen molar-refractivity contribution in [1.29, 1.82) is 0 Å². The van der Waals surface area contributed by atoms with Crippen LogP contribution in [0.4, 0.5) is 0 Å². The third-order valence-corrected chi connectivity index (χ3v) is 3.65. The van der Waals surface area contributed by atoms with Crippen molar-refractivity contribution in [1.82, 2.24) is 15.5 Å². The maximum Gasteiger partial charge on any atom is 0.258 e. The molecule has 0 aliphatic heterocycles. The number of rotatable bonds is 5. The van der Waals surface area contributed by atoms with Gasteiger partial charge in [0.15, 0.2) is 0 Å². The minimum Gasteiger partial charge on any atom is -0.394 e. The number of aliphatic hydroxyl groups is 2. The molecule has 2 rings (SSSR count). The van der Waals surface area contributed by atoms with E-state index in [0.717, 1.165) is 0 Å². The van der Waals surface area contributed by atoms with E-state index in [9.17, 15) is 15.0 Å². The van der Waals surface area contributed by atoms with Gasteiger partial charge in [0.2, 0.25) is 0 Å². The molecule has 0 spiro atoms. The minimum absolute atomic E-state index is 0.299. The lowest BCUT2D eigenvalue weighted by molar-refractivity contribution is 0.0654. The zero-order valence-electron chi connectivity index (χ0n) is 12.3. The first kappa shape index (κ1) is 15.4. The summed E-state index contributed by atoms with van der Waals surface area (Å²) in [7, 11) is 0. The molecule has 0 atom stereocenters. The summed E-state index contributed by atoms with van der Waals surface area (Å²) < 4.78 is 5.09. The Labute approximate surface area is 122 Å². The van der Waals surface area contributed by atoms with Crippen LogP contribution < -0.4 is 5.32 Å². The van der Waals surface area contributed by atoms with E-state index in [-0.39, 0.29) is 13.2 Å². The van der Waals surface area contributed by atoms with Crippen LogP contribution in [-0.2, 0) is 0 Å². The van der Waals surface area contributed by atoms with E-state index < -0.39 is 11.4 Å². The van der Waals surface area contributed by atoms with Gasteiger partial charge in [0, 0.05) is 5.69 Å². The predicted octanol–water partition coefficient (Wildman–Crippen LogP) is 0.703. The lowest BCUT2D eigenvalue weighted by Crippen LogP contribution is -2.53. The summed E-state index contributed by atoms with van der Waals surface area (Å²) in [4.78, 5) is 16.7. The molecule has 0 aliphatic carbocycles. The molecule has 21 heavy (non-hydrogen) atoms. The average molecular weight is 293 g/mol. The van der Waals surface area contributed by atoms with Gasteiger partial charge in [0.05, 0.1) is 35.4 Å². The van der Waals surface area contributed by atoms with E-state index >= 15 is 0 Å². The number of nitrogens with zero attached hydrogens (tertiary/aromatic N) is 2. The summed E-state index contributed by atoms with van der Waals surface area (Å²) in [5.41, 5.74) is 0.811. The van der Waals surface area contributed by atoms with Crippen LogP contribution in [0.3, 0.4) is 0 Å². The van der Waals surface area contributed by atoms with Crippen molar-refractivity contribution in [2.45, 2.75) is 32.7 Å². The molecule has 0 unspecified atom stereocenters. The first-order valence-corrected chi connectivity index (χ1v) is 6.74. The minimum atomic E-state index is -1.05. The maximum absolute atomic E-state index is 12.5. The van der Waals surface area contributed by atoms with E-state index in [1.807, 2.05) is 0 Å². The monoisotopic (exact) mass is 293 g/mol. The molecule has 0 saturated carbocycles. The maximum atomic E-state index is 12.5. The molecule has 0 fully saturated rings. The Bertz CT molecular complexity index is 653. The van der Waals surface area contributed by atoms with Crippen LogP contribution in [0.1, 0.15) is 35.1 Å². The highest BCUT2D eigenvalue weighted by molar-refractivity contribution is 6.06. The second kappa shape index (κ2) is 5.79. The number of aromatic nitrogens is 2. The number of aryl methyl sites for hydroxylation is 2. The van der Waals surface area contributed by atoms with Crippen molar-refractivity contribution in [3.8, 4) is 0 Å². The highest BCUT2D eigenvalue weighted by Crippen LogP contribution is 2.22. The number of hydrogen-bond donors (Lipinski definition) is 3. The van der Waals surface area contributed by atoms with Crippen LogP contribution in [0, 0.1) is 13.8 Å². The molecule has 3 N–H and O–H groups in total. The van der Waals surface area contributed by atoms with Gasteiger partial charge in [-0.15, -0.1) is 0 Å². The van der Waals surface area contributed by atoms with Crippen LogP contribution in [-0.4, -0.2) is 45.0 Å². The Hall–Kier alpha value is -1.99. The number of aliphatic hydroxyl groups excluding tert-OH is 2. The van der Waals surface area contributed by atoms with E-state index in [1.54, 1.807) is 26.8 Å². The third kappa shape index (κ3) is 2.74. The fourth-order valence-electron chi connectivity index (χ4n) is 2.15. The van der Waals surface area contributed by atoms with Crippen LogP contribution in [0.25, 0.3) is 11.1 Å². The molecule has 0 saturated heterocycles. The lowest BCUT2D eigenvalue weighted by atomic mass is 9.97. The molecule has 7 heteroatoms. The fraction of sp³-hybridized carbons (Fsp3) is 0.500. The number of carbonyl (C=O) groups excluding carboxylic acids is 1. The van der Waals surface area contributed by atoms with Gasteiger partial charge in [0.25, 0.3) is 11.6 Å². The Morgan fingerprint density at radius 1 is 1.38 bits per heavy atom. The van der Waals surface area contributed by atoms with Gasteiger partial charge in [0.1, 0.15) is 0 Å². The standard InChI is InChI=1S/C14H19N3O4/c1-4-14(6-18,7-19)16-12(20)10-5-8(2)15-13-11(10)9(3)17-21-13/h5,18-19H,4,6-7H2,1-3H3,(H,16,20). The SMILES string of the molecule is CCC(CO)(CO)NC(=O)c1cc(C)nc2onc(C)c12. The van der Waals surface area contributed by atoms with Crippen LogP contribution in [0.15, 0.2) is 10.6 Å². The fourth-order valence-corrected chi connectivity index (χ4v) is 2.15. The molecular formula is C14H19N3O4. The topological polar surface area (TPSA) is 108 Å². The van der Waals surface area contributed by atoms with Crippen molar-refractivity contribution in [3.63, 3.8) is 0 Å². The van der Waals surface area contributed by atoms with Crippen molar-refractivity contribution < 1.29 is 19.5 Å². The second-order valence-corrected chi connectivity index (χ2v) is 5.16. The van der Waals surface area contributed by atoms with Crippen molar-refractivity contribution in [3.05, 3.63) is 23.0 Å². The third-order valence-electron chi connectivity index (χ3n) is 3.65. The van der Waals surface area contributed by atoms with Crippen LogP contribution in [0.2, 0.25) is 0 Å². The average Bonchev–Trinajstić information content (AvgIpc) is 2.85. The summed E-state index contributed by atoms with van der Waals surface area (Å²) in [5, 5.41) is 25.9. The van der Waals surface area contributed by atoms with Gasteiger partial charge >= 0.3 is 0 Å². The van der Waals surface area contributed by atoms with E-state index in [1.165, 1.54) is 0 Å². The van der Waals surface area contributed by atoms with Gasteiger partial charge in [-0.3, -0.25) is 4.79 Å². The number of fused-ring (bicyclic) bond motifs is 1. The van der Waals surface area contributed by atoms with Crippen molar-refractivity contribution >= 4 is 17.0 Å². The molecule has 114 valence electrons. The largest absolute Gasteiger partial charge is 0.394 e. The first-order valence-electron chi connectivity index (χ1n) is 6.74. The number of nitrogens with one attached hydrogen (secondary N) is 1. The summed E-state index contributed by atoms with van der Waals surface area (Å²) in [6, 6.07) is 1.64.